The first-order chi connectivity index (χ1) is 9.36. The van der Waals surface area contributed by atoms with Crippen molar-refractivity contribution >= 4 is 0 Å². The molecule has 0 atom stereocenters. The van der Waals surface area contributed by atoms with Crippen LogP contribution in [0.1, 0.15) is 85.0 Å². The topological polar surface area (TPSA) is 46.2 Å². The maximum absolute atomic E-state index is 11.3. The van der Waals surface area contributed by atoms with Crippen LogP contribution in [-0.4, -0.2) is 17.3 Å². The third-order valence-electron chi connectivity index (χ3n) is 6.57. The van der Waals surface area contributed by atoms with Crippen molar-refractivity contribution in [3.63, 3.8) is 0 Å². The van der Waals surface area contributed by atoms with Gasteiger partial charge in [0.1, 0.15) is 0 Å². The maximum atomic E-state index is 11.3. The Balaban J connectivity index is 2.04. The van der Waals surface area contributed by atoms with Crippen molar-refractivity contribution < 1.29 is 5.11 Å². The van der Waals surface area contributed by atoms with E-state index in [4.69, 9.17) is 5.73 Å². The quantitative estimate of drug-likeness (QED) is 0.809. The molecule has 0 spiro atoms. The van der Waals surface area contributed by atoms with E-state index in [1.807, 2.05) is 0 Å². The molecular formula is C18H35NO. The van der Waals surface area contributed by atoms with Crippen LogP contribution in [0.4, 0.5) is 0 Å². The molecule has 2 saturated carbocycles. The van der Waals surface area contributed by atoms with E-state index in [0.29, 0.717) is 12.0 Å². The summed E-state index contributed by atoms with van der Waals surface area (Å²) in [5.41, 5.74) is 6.13. The first-order valence-corrected chi connectivity index (χ1v) is 8.79. The van der Waals surface area contributed by atoms with Gasteiger partial charge in [-0.05, 0) is 62.7 Å². The largest absolute Gasteiger partial charge is 0.389 e. The zero-order chi connectivity index (χ0) is 14.9. The highest BCUT2D eigenvalue weighted by atomic mass is 16.3. The van der Waals surface area contributed by atoms with Gasteiger partial charge in [-0.25, -0.2) is 0 Å². The van der Waals surface area contributed by atoms with Gasteiger partial charge < -0.3 is 10.8 Å². The number of hydrogen-bond acceptors (Lipinski definition) is 2. The van der Waals surface area contributed by atoms with E-state index in [9.17, 15) is 5.11 Å². The summed E-state index contributed by atoms with van der Waals surface area (Å²) >= 11 is 0. The van der Waals surface area contributed by atoms with E-state index >= 15 is 0 Å². The van der Waals surface area contributed by atoms with Gasteiger partial charge in [-0.15, -0.1) is 0 Å². The summed E-state index contributed by atoms with van der Waals surface area (Å²) in [5.74, 6) is 0.843. The van der Waals surface area contributed by atoms with Crippen LogP contribution in [0.25, 0.3) is 0 Å². The molecule has 0 heterocycles. The highest BCUT2D eigenvalue weighted by molar-refractivity contribution is 5.04. The van der Waals surface area contributed by atoms with Gasteiger partial charge in [0.25, 0.3) is 0 Å². The van der Waals surface area contributed by atoms with E-state index in [-0.39, 0.29) is 5.41 Å². The van der Waals surface area contributed by atoms with Crippen molar-refractivity contribution in [2.45, 2.75) is 90.6 Å². The zero-order valence-corrected chi connectivity index (χ0v) is 13.9. The number of nitrogens with two attached hydrogens (primary N) is 1. The molecule has 0 aromatic rings. The van der Waals surface area contributed by atoms with Gasteiger partial charge in [0, 0.05) is 12.0 Å². The summed E-state index contributed by atoms with van der Waals surface area (Å²) in [6.07, 6.45) is 11.6. The normalized spacial score (nSPS) is 36.8. The standard InChI is InChI=1S/C18H35NO/c1-4-5-15-6-8-18(20,9-7-15)17(14-19)12-10-16(2,3)11-13-17/h15,20H,4-14,19H2,1-3H3. The second-order valence-corrected chi connectivity index (χ2v) is 8.41. The molecule has 0 aliphatic heterocycles. The second kappa shape index (κ2) is 5.96. The number of rotatable bonds is 4. The summed E-state index contributed by atoms with van der Waals surface area (Å²) in [5, 5.41) is 11.3. The van der Waals surface area contributed by atoms with Crippen molar-refractivity contribution in [1.82, 2.24) is 0 Å². The average molecular weight is 281 g/mol. The van der Waals surface area contributed by atoms with Crippen molar-refractivity contribution in [3.05, 3.63) is 0 Å². The van der Waals surface area contributed by atoms with Gasteiger partial charge in [0.2, 0.25) is 0 Å². The maximum Gasteiger partial charge on any atom is 0.0716 e. The molecule has 2 aliphatic rings. The summed E-state index contributed by atoms with van der Waals surface area (Å²) in [6, 6.07) is 0. The molecule has 0 amide bonds. The van der Waals surface area contributed by atoms with Gasteiger partial charge in [-0.1, -0.05) is 33.6 Å². The molecule has 2 aliphatic carbocycles. The van der Waals surface area contributed by atoms with Crippen LogP contribution < -0.4 is 5.73 Å². The molecule has 2 heteroatoms. The molecule has 20 heavy (non-hydrogen) atoms. The molecule has 2 rings (SSSR count). The molecule has 2 nitrogen and oxygen atoms in total. The highest BCUT2D eigenvalue weighted by Gasteiger charge is 2.52. The molecule has 118 valence electrons. The minimum atomic E-state index is -0.484. The summed E-state index contributed by atoms with van der Waals surface area (Å²) in [4.78, 5) is 0. The van der Waals surface area contributed by atoms with Gasteiger partial charge in [0.15, 0.2) is 0 Å². The summed E-state index contributed by atoms with van der Waals surface area (Å²) in [7, 11) is 0. The first kappa shape index (κ1) is 16.3. The third kappa shape index (κ3) is 3.06. The molecular weight excluding hydrogens is 246 g/mol. The molecule has 3 N–H and O–H groups in total. The fourth-order valence-corrected chi connectivity index (χ4v) is 4.65. The van der Waals surface area contributed by atoms with Gasteiger partial charge in [0.05, 0.1) is 5.60 Å². The molecule has 0 unspecified atom stereocenters. The second-order valence-electron chi connectivity index (χ2n) is 8.41. The van der Waals surface area contributed by atoms with Crippen molar-refractivity contribution in [3.8, 4) is 0 Å². The van der Waals surface area contributed by atoms with Gasteiger partial charge in [-0.2, -0.15) is 0 Å². The molecule has 0 saturated heterocycles. The Hall–Kier alpha value is -0.0800. The van der Waals surface area contributed by atoms with Gasteiger partial charge in [-0.3, -0.25) is 0 Å². The molecule has 2 fully saturated rings. The Labute approximate surface area is 125 Å². The van der Waals surface area contributed by atoms with E-state index in [2.05, 4.69) is 20.8 Å². The average Bonchev–Trinajstić information content (AvgIpc) is 2.42. The first-order valence-electron chi connectivity index (χ1n) is 8.79. The lowest BCUT2D eigenvalue weighted by molar-refractivity contribution is -0.138. The SMILES string of the molecule is CCCC1CCC(O)(C2(CN)CCC(C)(C)CC2)CC1. The molecule has 0 aromatic carbocycles. The molecule has 0 aromatic heterocycles. The summed E-state index contributed by atoms with van der Waals surface area (Å²) in [6.45, 7) is 7.65. The Morgan fingerprint density at radius 3 is 2.00 bits per heavy atom. The van der Waals surface area contributed by atoms with Crippen LogP contribution in [0.15, 0.2) is 0 Å². The van der Waals surface area contributed by atoms with Crippen molar-refractivity contribution in [2.75, 3.05) is 6.54 Å². The van der Waals surface area contributed by atoms with E-state index in [1.165, 1.54) is 38.5 Å². The molecule has 0 radical (unpaired) electrons. The smallest absolute Gasteiger partial charge is 0.0716 e. The fourth-order valence-electron chi connectivity index (χ4n) is 4.65. The Morgan fingerprint density at radius 1 is 1.00 bits per heavy atom. The minimum Gasteiger partial charge on any atom is -0.389 e. The van der Waals surface area contributed by atoms with Crippen LogP contribution >= 0.6 is 0 Å². The van der Waals surface area contributed by atoms with Gasteiger partial charge >= 0.3 is 0 Å². The zero-order valence-electron chi connectivity index (χ0n) is 13.9. The fraction of sp³-hybridized carbons (Fsp3) is 1.00. The van der Waals surface area contributed by atoms with Crippen molar-refractivity contribution in [1.29, 1.82) is 0 Å². The van der Waals surface area contributed by atoms with Crippen LogP contribution in [0.2, 0.25) is 0 Å². The Kier molecular flexibility index (Phi) is 4.86. The van der Waals surface area contributed by atoms with E-state index in [0.717, 1.165) is 31.6 Å². The Morgan fingerprint density at radius 2 is 1.55 bits per heavy atom. The van der Waals surface area contributed by atoms with E-state index in [1.54, 1.807) is 0 Å². The highest BCUT2D eigenvalue weighted by Crippen LogP contribution is 2.54. The monoisotopic (exact) mass is 281 g/mol. The Bertz CT molecular complexity index is 305. The van der Waals surface area contributed by atoms with Crippen LogP contribution in [0, 0.1) is 16.7 Å². The van der Waals surface area contributed by atoms with Crippen LogP contribution in [0.5, 0.6) is 0 Å². The van der Waals surface area contributed by atoms with Crippen LogP contribution in [-0.2, 0) is 0 Å². The summed E-state index contributed by atoms with van der Waals surface area (Å²) < 4.78 is 0. The van der Waals surface area contributed by atoms with Crippen molar-refractivity contribution in [2.24, 2.45) is 22.5 Å². The lowest BCUT2D eigenvalue weighted by Gasteiger charge is -2.54. The van der Waals surface area contributed by atoms with E-state index < -0.39 is 5.60 Å². The predicted molar refractivity (Wildman–Crippen MR) is 85.6 cm³/mol. The lowest BCUT2D eigenvalue weighted by atomic mass is 9.54. The minimum absolute atomic E-state index is 0.000293. The number of aliphatic hydroxyl groups is 1. The van der Waals surface area contributed by atoms with Crippen LogP contribution in [0.3, 0.4) is 0 Å². The molecule has 0 bridgehead atoms. The predicted octanol–water partition coefficient (Wildman–Crippen LogP) is 4.25. The lowest BCUT2D eigenvalue weighted by Crippen LogP contribution is -2.56. The number of hydrogen-bond donors (Lipinski definition) is 2. The third-order valence-corrected chi connectivity index (χ3v) is 6.57.